The van der Waals surface area contributed by atoms with Crippen LogP contribution in [0.25, 0.3) is 10.8 Å². The van der Waals surface area contributed by atoms with Crippen molar-refractivity contribution in [2.45, 2.75) is 3.23 Å². The summed E-state index contributed by atoms with van der Waals surface area (Å²) in [5.74, 6) is 0. The molecule has 76 valence electrons. The largest absolute Gasteiger partial charge is 0.300 e. The molecule has 0 unspecified atom stereocenters. The first-order valence-corrected chi connectivity index (χ1v) is 6.06. The van der Waals surface area contributed by atoms with Gasteiger partial charge in [0.15, 0.2) is 9.52 Å². The van der Waals surface area contributed by atoms with Gasteiger partial charge in [0.05, 0.1) is 0 Å². The van der Waals surface area contributed by atoms with E-state index < -0.39 is 3.23 Å². The number of carbonyl (C=O) groups excluding carboxylic acids is 1. The van der Waals surface area contributed by atoms with Gasteiger partial charge < -0.3 is 4.79 Å². The van der Waals surface area contributed by atoms with Crippen LogP contribution in [-0.4, -0.2) is 6.29 Å². The molecule has 0 heterocycles. The van der Waals surface area contributed by atoms with Gasteiger partial charge in [-0.05, 0) is 16.3 Å². The lowest BCUT2D eigenvalue weighted by atomic mass is 10.0. The Bertz CT molecular complexity index is 500. The van der Waals surface area contributed by atoms with Crippen molar-refractivity contribution in [1.82, 2.24) is 0 Å². The summed E-state index contributed by atoms with van der Waals surface area (Å²) in [5.41, 5.74) is 0.926. The number of alkyl halides is 2. The average molecular weight is 328 g/mol. The van der Waals surface area contributed by atoms with Crippen molar-refractivity contribution in [3.63, 3.8) is 0 Å². The standard InChI is InChI=1S/C12H8Br2O/c13-12(14,8-15)11-7-3-5-9-4-1-2-6-10(9)11/h1-8H. The number of benzene rings is 2. The predicted octanol–water partition coefficient (Wildman–Crippen LogP) is 3.98. The van der Waals surface area contributed by atoms with Gasteiger partial charge in [0.2, 0.25) is 0 Å². The van der Waals surface area contributed by atoms with Crippen molar-refractivity contribution in [2.75, 3.05) is 0 Å². The summed E-state index contributed by atoms with van der Waals surface area (Å²) in [6, 6.07) is 13.9. The summed E-state index contributed by atoms with van der Waals surface area (Å²) in [6.07, 6.45) is 0.842. The molecule has 0 atom stereocenters. The summed E-state index contributed by atoms with van der Waals surface area (Å²) < 4.78 is -0.791. The Balaban J connectivity index is 2.76. The van der Waals surface area contributed by atoms with Crippen molar-refractivity contribution in [3.05, 3.63) is 48.0 Å². The van der Waals surface area contributed by atoms with Crippen LogP contribution in [0, 0.1) is 0 Å². The fraction of sp³-hybridized carbons (Fsp3) is 0.0833. The molecule has 3 heteroatoms. The van der Waals surface area contributed by atoms with Crippen LogP contribution in [0.5, 0.6) is 0 Å². The second kappa shape index (κ2) is 4.06. The molecule has 0 bridgehead atoms. The van der Waals surface area contributed by atoms with Crippen LogP contribution < -0.4 is 0 Å². The van der Waals surface area contributed by atoms with E-state index in [9.17, 15) is 4.79 Å². The van der Waals surface area contributed by atoms with Crippen LogP contribution in [-0.2, 0) is 8.03 Å². The van der Waals surface area contributed by atoms with E-state index in [2.05, 4.69) is 31.9 Å². The zero-order chi connectivity index (χ0) is 10.9. The van der Waals surface area contributed by atoms with Gasteiger partial charge in [0, 0.05) is 0 Å². The molecule has 2 rings (SSSR count). The second-order valence-corrected chi connectivity index (χ2v) is 6.83. The van der Waals surface area contributed by atoms with Crippen molar-refractivity contribution < 1.29 is 4.79 Å². The SMILES string of the molecule is O=CC(Br)(Br)c1cccc2ccccc12. The molecule has 0 aromatic heterocycles. The minimum absolute atomic E-state index is 0.791. The van der Waals surface area contributed by atoms with E-state index in [0.29, 0.717) is 0 Å². The van der Waals surface area contributed by atoms with Crippen LogP contribution in [0.15, 0.2) is 42.5 Å². The summed E-state index contributed by atoms with van der Waals surface area (Å²) in [6.45, 7) is 0. The van der Waals surface area contributed by atoms with Gasteiger partial charge in [0.1, 0.15) is 0 Å². The maximum atomic E-state index is 11.0. The molecule has 2 aromatic rings. The topological polar surface area (TPSA) is 17.1 Å². The second-order valence-electron chi connectivity index (χ2n) is 3.27. The lowest BCUT2D eigenvalue weighted by Gasteiger charge is -2.15. The molecule has 0 aliphatic rings. The third kappa shape index (κ3) is 1.99. The summed E-state index contributed by atoms with van der Waals surface area (Å²) in [4.78, 5) is 11.0. The highest BCUT2D eigenvalue weighted by molar-refractivity contribution is 9.25. The van der Waals surface area contributed by atoms with Gasteiger partial charge >= 0.3 is 0 Å². The number of halogens is 2. The van der Waals surface area contributed by atoms with Gasteiger partial charge in [-0.1, -0.05) is 74.3 Å². The minimum atomic E-state index is -0.791. The van der Waals surface area contributed by atoms with Gasteiger partial charge in [0.25, 0.3) is 0 Å². The van der Waals surface area contributed by atoms with E-state index in [1.165, 1.54) is 0 Å². The lowest BCUT2D eigenvalue weighted by molar-refractivity contribution is -0.107. The van der Waals surface area contributed by atoms with Crippen molar-refractivity contribution >= 4 is 48.9 Å². The number of hydrogen-bond acceptors (Lipinski definition) is 1. The molecule has 15 heavy (non-hydrogen) atoms. The number of fused-ring (bicyclic) bond motifs is 1. The maximum absolute atomic E-state index is 11.0. The molecule has 0 radical (unpaired) electrons. The molecule has 0 aliphatic carbocycles. The highest BCUT2D eigenvalue weighted by Gasteiger charge is 2.25. The highest BCUT2D eigenvalue weighted by Crippen LogP contribution is 2.39. The molecule has 0 fully saturated rings. The third-order valence-corrected chi connectivity index (χ3v) is 3.52. The van der Waals surface area contributed by atoms with Crippen LogP contribution in [0.3, 0.4) is 0 Å². The molecule has 0 amide bonds. The fourth-order valence-corrected chi connectivity index (χ4v) is 2.27. The minimum Gasteiger partial charge on any atom is -0.300 e. The molecule has 0 saturated heterocycles. The third-order valence-electron chi connectivity index (χ3n) is 2.30. The molecular formula is C12H8Br2O. The molecule has 0 saturated carbocycles. The maximum Gasteiger partial charge on any atom is 0.161 e. The highest BCUT2D eigenvalue weighted by atomic mass is 79.9. The van der Waals surface area contributed by atoms with Gasteiger partial charge in [-0.15, -0.1) is 0 Å². The first-order chi connectivity index (χ1) is 7.15. The fourth-order valence-electron chi connectivity index (χ4n) is 1.58. The van der Waals surface area contributed by atoms with Crippen LogP contribution >= 0.6 is 31.9 Å². The molecule has 1 nitrogen and oxygen atoms in total. The summed E-state index contributed by atoms with van der Waals surface area (Å²) >= 11 is 6.72. The first kappa shape index (κ1) is 10.8. The van der Waals surface area contributed by atoms with Crippen molar-refractivity contribution in [2.24, 2.45) is 0 Å². The Hall–Kier alpha value is -0.670. The van der Waals surface area contributed by atoms with Crippen LogP contribution in [0.2, 0.25) is 0 Å². The van der Waals surface area contributed by atoms with E-state index in [-0.39, 0.29) is 0 Å². The zero-order valence-corrected chi connectivity index (χ0v) is 11.0. The van der Waals surface area contributed by atoms with Crippen LogP contribution in [0.4, 0.5) is 0 Å². The molecular weight excluding hydrogens is 320 g/mol. The quantitative estimate of drug-likeness (QED) is 0.602. The molecule has 0 aliphatic heterocycles. The Labute approximate surface area is 105 Å². The lowest BCUT2D eigenvalue weighted by Crippen LogP contribution is -2.10. The average Bonchev–Trinajstić information content (AvgIpc) is 2.28. The Kier molecular flexibility index (Phi) is 2.94. The van der Waals surface area contributed by atoms with Crippen molar-refractivity contribution in [1.29, 1.82) is 0 Å². The summed E-state index contributed by atoms with van der Waals surface area (Å²) in [5, 5.41) is 2.20. The number of carbonyl (C=O) groups is 1. The summed E-state index contributed by atoms with van der Waals surface area (Å²) in [7, 11) is 0. The number of aldehydes is 1. The molecule has 2 aromatic carbocycles. The van der Waals surface area contributed by atoms with Gasteiger partial charge in [-0.3, -0.25) is 0 Å². The monoisotopic (exact) mass is 326 g/mol. The predicted molar refractivity (Wildman–Crippen MR) is 69.5 cm³/mol. The Morgan fingerprint density at radius 2 is 1.67 bits per heavy atom. The zero-order valence-electron chi connectivity index (χ0n) is 7.78. The first-order valence-electron chi connectivity index (χ1n) is 4.47. The Morgan fingerprint density at radius 1 is 1.00 bits per heavy atom. The van der Waals surface area contributed by atoms with Gasteiger partial charge in [-0.2, -0.15) is 0 Å². The van der Waals surface area contributed by atoms with Crippen molar-refractivity contribution in [3.8, 4) is 0 Å². The number of rotatable bonds is 2. The molecule has 0 spiro atoms. The van der Waals surface area contributed by atoms with E-state index in [0.717, 1.165) is 22.6 Å². The molecule has 0 N–H and O–H groups in total. The normalized spacial score (nSPS) is 11.6. The van der Waals surface area contributed by atoms with E-state index in [1.54, 1.807) is 0 Å². The smallest absolute Gasteiger partial charge is 0.161 e. The van der Waals surface area contributed by atoms with Gasteiger partial charge in [-0.25, -0.2) is 0 Å². The van der Waals surface area contributed by atoms with Crippen LogP contribution in [0.1, 0.15) is 5.56 Å². The Morgan fingerprint density at radius 3 is 2.40 bits per heavy atom. The number of hydrogen-bond donors (Lipinski definition) is 0. The van der Waals surface area contributed by atoms with E-state index in [4.69, 9.17) is 0 Å². The van der Waals surface area contributed by atoms with E-state index in [1.807, 2.05) is 42.5 Å². The van der Waals surface area contributed by atoms with E-state index >= 15 is 0 Å².